The van der Waals surface area contributed by atoms with E-state index in [2.05, 4.69) is 13.0 Å². The van der Waals surface area contributed by atoms with E-state index in [4.69, 9.17) is 9.47 Å². The van der Waals surface area contributed by atoms with Gasteiger partial charge in [0.05, 0.1) is 0 Å². The van der Waals surface area contributed by atoms with Crippen LogP contribution in [0.4, 0.5) is 0 Å². The van der Waals surface area contributed by atoms with Crippen molar-refractivity contribution in [2.75, 3.05) is 14.2 Å². The summed E-state index contributed by atoms with van der Waals surface area (Å²) in [6.45, 7) is 2.15. The molecule has 0 spiro atoms. The highest BCUT2D eigenvalue weighted by atomic mass is 16.7. The highest BCUT2D eigenvalue weighted by Crippen LogP contribution is 2.30. The van der Waals surface area contributed by atoms with Gasteiger partial charge in [-0.3, -0.25) is 0 Å². The zero-order valence-corrected chi connectivity index (χ0v) is 7.52. The summed E-state index contributed by atoms with van der Waals surface area (Å²) >= 11 is 0. The number of ether oxygens (including phenoxy) is 2. The Labute approximate surface area is 68.2 Å². The molecule has 2 heteroatoms. The van der Waals surface area contributed by atoms with Crippen LogP contribution in [0.2, 0.25) is 0 Å². The van der Waals surface area contributed by atoms with E-state index in [9.17, 15) is 0 Å². The number of rotatable bonds is 2. The Morgan fingerprint density at radius 3 is 2.36 bits per heavy atom. The topological polar surface area (TPSA) is 18.5 Å². The van der Waals surface area contributed by atoms with Crippen molar-refractivity contribution in [2.24, 2.45) is 0 Å². The smallest absolute Gasteiger partial charge is 0.171 e. The van der Waals surface area contributed by atoms with Crippen LogP contribution in [-0.4, -0.2) is 20.0 Å². The maximum absolute atomic E-state index is 5.31. The van der Waals surface area contributed by atoms with Crippen LogP contribution in [0.3, 0.4) is 0 Å². The van der Waals surface area contributed by atoms with E-state index < -0.39 is 0 Å². The van der Waals surface area contributed by atoms with Crippen LogP contribution in [-0.2, 0) is 9.47 Å². The average molecular weight is 156 g/mol. The summed E-state index contributed by atoms with van der Waals surface area (Å²) in [5, 5.41) is 0. The molecule has 0 saturated heterocycles. The minimum absolute atomic E-state index is 0.334. The van der Waals surface area contributed by atoms with Crippen molar-refractivity contribution in [1.29, 1.82) is 0 Å². The SMILES string of the molecule is COC1(OC)CC=C(C)CC1. The van der Waals surface area contributed by atoms with Crippen LogP contribution in [0.25, 0.3) is 0 Å². The van der Waals surface area contributed by atoms with Crippen LogP contribution < -0.4 is 0 Å². The van der Waals surface area contributed by atoms with Crippen molar-refractivity contribution in [1.82, 2.24) is 0 Å². The molecule has 0 unspecified atom stereocenters. The number of methoxy groups -OCH3 is 2. The molecular weight excluding hydrogens is 140 g/mol. The molecule has 1 aliphatic rings. The molecule has 0 fully saturated rings. The first kappa shape index (κ1) is 8.75. The Balaban J connectivity index is 2.61. The molecule has 0 amide bonds. The zero-order chi connectivity index (χ0) is 8.32. The summed E-state index contributed by atoms with van der Waals surface area (Å²) in [5.74, 6) is -0.334. The van der Waals surface area contributed by atoms with E-state index in [0.29, 0.717) is 0 Å². The summed E-state index contributed by atoms with van der Waals surface area (Å²) < 4.78 is 10.6. The van der Waals surface area contributed by atoms with Gasteiger partial charge in [-0.2, -0.15) is 0 Å². The zero-order valence-electron chi connectivity index (χ0n) is 7.52. The molecule has 0 aromatic heterocycles. The van der Waals surface area contributed by atoms with E-state index in [1.54, 1.807) is 14.2 Å². The van der Waals surface area contributed by atoms with Crippen LogP contribution in [0.5, 0.6) is 0 Å². The lowest BCUT2D eigenvalue weighted by Gasteiger charge is -2.33. The van der Waals surface area contributed by atoms with E-state index >= 15 is 0 Å². The molecule has 0 N–H and O–H groups in total. The van der Waals surface area contributed by atoms with Crippen LogP contribution in [0, 0.1) is 0 Å². The molecule has 1 rings (SSSR count). The van der Waals surface area contributed by atoms with Crippen molar-refractivity contribution < 1.29 is 9.47 Å². The average Bonchev–Trinajstić information content (AvgIpc) is 2.07. The fourth-order valence-electron chi connectivity index (χ4n) is 1.38. The summed E-state index contributed by atoms with van der Waals surface area (Å²) in [4.78, 5) is 0. The Kier molecular flexibility index (Phi) is 2.68. The molecule has 0 atom stereocenters. The minimum Gasteiger partial charge on any atom is -0.353 e. The second kappa shape index (κ2) is 3.37. The molecule has 64 valence electrons. The van der Waals surface area contributed by atoms with E-state index in [0.717, 1.165) is 19.3 Å². The third-order valence-corrected chi connectivity index (χ3v) is 2.41. The van der Waals surface area contributed by atoms with Gasteiger partial charge in [-0.05, 0) is 13.3 Å². The predicted molar refractivity (Wildman–Crippen MR) is 44.4 cm³/mol. The molecule has 0 saturated carbocycles. The lowest BCUT2D eigenvalue weighted by Crippen LogP contribution is -2.34. The quantitative estimate of drug-likeness (QED) is 0.450. The molecule has 2 nitrogen and oxygen atoms in total. The predicted octanol–water partition coefficient (Wildman–Crippen LogP) is 2.11. The molecule has 11 heavy (non-hydrogen) atoms. The highest BCUT2D eigenvalue weighted by molar-refractivity contribution is 5.05. The van der Waals surface area contributed by atoms with Crippen molar-refractivity contribution in [3.05, 3.63) is 11.6 Å². The van der Waals surface area contributed by atoms with Crippen molar-refractivity contribution >= 4 is 0 Å². The van der Waals surface area contributed by atoms with Crippen molar-refractivity contribution in [3.8, 4) is 0 Å². The number of hydrogen-bond donors (Lipinski definition) is 0. The van der Waals surface area contributed by atoms with Gasteiger partial charge >= 0.3 is 0 Å². The third kappa shape index (κ3) is 1.82. The van der Waals surface area contributed by atoms with Gasteiger partial charge in [0, 0.05) is 27.1 Å². The first-order valence-electron chi connectivity index (χ1n) is 3.98. The fraction of sp³-hybridized carbons (Fsp3) is 0.778. The van der Waals surface area contributed by atoms with E-state index in [1.807, 2.05) is 0 Å². The van der Waals surface area contributed by atoms with Gasteiger partial charge in [-0.1, -0.05) is 11.6 Å². The fourth-order valence-corrected chi connectivity index (χ4v) is 1.38. The standard InChI is InChI=1S/C9H16O2/c1-8-4-6-9(10-2,11-3)7-5-8/h4H,5-7H2,1-3H3. The first-order valence-corrected chi connectivity index (χ1v) is 3.98. The lowest BCUT2D eigenvalue weighted by molar-refractivity contribution is -0.210. The Morgan fingerprint density at radius 2 is 2.00 bits per heavy atom. The molecule has 0 bridgehead atoms. The maximum Gasteiger partial charge on any atom is 0.171 e. The molecule has 0 heterocycles. The summed E-state index contributed by atoms with van der Waals surface area (Å²) in [6.07, 6.45) is 5.13. The Bertz CT molecular complexity index is 157. The van der Waals surface area contributed by atoms with E-state index in [-0.39, 0.29) is 5.79 Å². The van der Waals surface area contributed by atoms with Crippen molar-refractivity contribution in [2.45, 2.75) is 32.0 Å². The molecule has 0 aliphatic heterocycles. The molecule has 1 aliphatic carbocycles. The van der Waals surface area contributed by atoms with Crippen LogP contribution in [0.15, 0.2) is 11.6 Å². The Hall–Kier alpha value is -0.340. The van der Waals surface area contributed by atoms with Gasteiger partial charge in [0.15, 0.2) is 5.79 Å². The van der Waals surface area contributed by atoms with Crippen LogP contribution >= 0.6 is 0 Å². The molecule has 0 radical (unpaired) electrons. The second-order valence-electron chi connectivity index (χ2n) is 3.07. The van der Waals surface area contributed by atoms with Gasteiger partial charge in [0.2, 0.25) is 0 Å². The van der Waals surface area contributed by atoms with Gasteiger partial charge in [0.25, 0.3) is 0 Å². The lowest BCUT2D eigenvalue weighted by atomic mass is 9.95. The molecule has 0 aromatic carbocycles. The largest absolute Gasteiger partial charge is 0.353 e. The number of hydrogen-bond acceptors (Lipinski definition) is 2. The van der Waals surface area contributed by atoms with Gasteiger partial charge in [0.1, 0.15) is 0 Å². The Morgan fingerprint density at radius 1 is 1.36 bits per heavy atom. The van der Waals surface area contributed by atoms with E-state index in [1.165, 1.54) is 5.57 Å². The van der Waals surface area contributed by atoms with Crippen LogP contribution in [0.1, 0.15) is 26.2 Å². The summed E-state index contributed by atoms with van der Waals surface area (Å²) in [6, 6.07) is 0. The molecular formula is C9H16O2. The number of allylic oxidation sites excluding steroid dienone is 1. The molecule has 0 aromatic rings. The normalized spacial score (nSPS) is 23.0. The monoisotopic (exact) mass is 156 g/mol. The first-order chi connectivity index (χ1) is 5.22. The highest BCUT2D eigenvalue weighted by Gasteiger charge is 2.30. The second-order valence-corrected chi connectivity index (χ2v) is 3.07. The van der Waals surface area contributed by atoms with Gasteiger partial charge in [-0.25, -0.2) is 0 Å². The van der Waals surface area contributed by atoms with Crippen molar-refractivity contribution in [3.63, 3.8) is 0 Å². The summed E-state index contributed by atoms with van der Waals surface area (Å²) in [5.41, 5.74) is 1.44. The summed E-state index contributed by atoms with van der Waals surface area (Å²) in [7, 11) is 3.41. The van der Waals surface area contributed by atoms with Gasteiger partial charge in [-0.15, -0.1) is 0 Å². The third-order valence-electron chi connectivity index (χ3n) is 2.41. The minimum atomic E-state index is -0.334. The maximum atomic E-state index is 5.31. The van der Waals surface area contributed by atoms with Gasteiger partial charge < -0.3 is 9.47 Å².